The van der Waals surface area contributed by atoms with E-state index >= 15 is 0 Å². The number of unbranched alkanes of at least 4 members (excludes halogenated alkanes) is 3. The van der Waals surface area contributed by atoms with E-state index in [1.165, 1.54) is 18.2 Å². The molecule has 0 unspecified atom stereocenters. The number of carbonyl (C=O) groups excluding carboxylic acids is 2. The third kappa shape index (κ3) is 5.95. The molecule has 25 heavy (non-hydrogen) atoms. The molecule has 0 aliphatic rings. The van der Waals surface area contributed by atoms with Crippen LogP contribution in [-0.4, -0.2) is 17.0 Å². The highest BCUT2D eigenvalue weighted by atomic mass is 16.5. The van der Waals surface area contributed by atoms with E-state index in [1.54, 1.807) is 30.3 Å². The number of esters is 2. The number of para-hydroxylation sites is 1. The Morgan fingerprint density at radius 3 is 2.36 bits per heavy atom. The monoisotopic (exact) mass is 342 g/mol. The van der Waals surface area contributed by atoms with Crippen LogP contribution in [0.25, 0.3) is 0 Å². The normalized spacial score (nSPS) is 10.3. The molecule has 0 bridgehead atoms. The Hall–Kier alpha value is -2.82. The first kappa shape index (κ1) is 18.5. The van der Waals surface area contributed by atoms with Gasteiger partial charge in [-0.3, -0.25) is 4.79 Å². The number of ether oxygens (including phenoxy) is 2. The van der Waals surface area contributed by atoms with Crippen LogP contribution >= 0.6 is 0 Å². The lowest BCUT2D eigenvalue weighted by atomic mass is 10.1. The number of aromatic hydroxyl groups is 1. The SMILES string of the molecule is CCCCCCC(=O)Oc1cccc(OC(=O)c2ccccc2O)c1. The second kappa shape index (κ2) is 9.47. The predicted molar refractivity (Wildman–Crippen MR) is 93.9 cm³/mol. The van der Waals surface area contributed by atoms with Gasteiger partial charge in [-0.25, -0.2) is 4.79 Å². The molecule has 0 heterocycles. The van der Waals surface area contributed by atoms with Crippen LogP contribution in [0, 0.1) is 0 Å². The zero-order chi connectivity index (χ0) is 18.1. The molecule has 2 rings (SSSR count). The molecular formula is C20H22O5. The van der Waals surface area contributed by atoms with E-state index in [1.807, 2.05) is 0 Å². The molecule has 5 heteroatoms. The van der Waals surface area contributed by atoms with E-state index in [4.69, 9.17) is 9.47 Å². The largest absolute Gasteiger partial charge is 0.507 e. The number of benzene rings is 2. The molecule has 0 amide bonds. The Morgan fingerprint density at radius 1 is 0.920 bits per heavy atom. The first-order chi connectivity index (χ1) is 12.1. The van der Waals surface area contributed by atoms with Crippen molar-refractivity contribution in [1.82, 2.24) is 0 Å². The summed E-state index contributed by atoms with van der Waals surface area (Å²) in [5, 5.41) is 9.68. The Morgan fingerprint density at radius 2 is 1.64 bits per heavy atom. The van der Waals surface area contributed by atoms with Gasteiger partial charge >= 0.3 is 11.9 Å². The van der Waals surface area contributed by atoms with Gasteiger partial charge in [0, 0.05) is 12.5 Å². The van der Waals surface area contributed by atoms with E-state index in [2.05, 4.69) is 6.92 Å². The van der Waals surface area contributed by atoms with Gasteiger partial charge in [0.25, 0.3) is 0 Å². The summed E-state index contributed by atoms with van der Waals surface area (Å²) in [4.78, 5) is 23.9. The van der Waals surface area contributed by atoms with Crippen molar-refractivity contribution in [3.05, 3.63) is 54.1 Å². The zero-order valence-corrected chi connectivity index (χ0v) is 14.2. The summed E-state index contributed by atoms with van der Waals surface area (Å²) in [5.74, 6) is -0.573. The number of rotatable bonds is 8. The standard InChI is InChI=1S/C20H22O5/c1-2-3-4-5-13-19(22)24-15-9-8-10-16(14-15)25-20(23)17-11-6-7-12-18(17)21/h6-12,14,21H,2-5,13H2,1H3. The lowest BCUT2D eigenvalue weighted by Gasteiger charge is -2.08. The summed E-state index contributed by atoms with van der Waals surface area (Å²) in [5.41, 5.74) is 0.0702. The second-order valence-corrected chi connectivity index (χ2v) is 5.67. The molecule has 0 radical (unpaired) electrons. The number of hydrogen-bond acceptors (Lipinski definition) is 5. The summed E-state index contributed by atoms with van der Waals surface area (Å²) < 4.78 is 10.5. The fourth-order valence-electron chi connectivity index (χ4n) is 2.29. The molecule has 5 nitrogen and oxygen atoms in total. The molecule has 0 fully saturated rings. The minimum absolute atomic E-state index is 0.0702. The molecular weight excluding hydrogens is 320 g/mol. The first-order valence-electron chi connectivity index (χ1n) is 8.41. The molecule has 0 aliphatic carbocycles. The molecule has 0 spiro atoms. The van der Waals surface area contributed by atoms with Crippen LogP contribution < -0.4 is 9.47 Å². The highest BCUT2D eigenvalue weighted by Crippen LogP contribution is 2.23. The highest BCUT2D eigenvalue weighted by molar-refractivity contribution is 5.93. The van der Waals surface area contributed by atoms with E-state index in [0.29, 0.717) is 12.2 Å². The third-order valence-corrected chi connectivity index (χ3v) is 3.61. The van der Waals surface area contributed by atoms with Crippen LogP contribution in [0.2, 0.25) is 0 Å². The van der Waals surface area contributed by atoms with Gasteiger partial charge in [-0.2, -0.15) is 0 Å². The van der Waals surface area contributed by atoms with Crippen LogP contribution in [0.4, 0.5) is 0 Å². The lowest BCUT2D eigenvalue weighted by molar-refractivity contribution is -0.134. The van der Waals surface area contributed by atoms with Crippen LogP contribution in [0.5, 0.6) is 17.2 Å². The molecule has 2 aromatic carbocycles. The molecule has 0 aliphatic heterocycles. The fraction of sp³-hybridized carbons (Fsp3) is 0.300. The average Bonchev–Trinajstić information content (AvgIpc) is 2.59. The summed E-state index contributed by atoms with van der Waals surface area (Å²) in [7, 11) is 0. The van der Waals surface area contributed by atoms with Crippen molar-refractivity contribution in [3.8, 4) is 17.2 Å². The van der Waals surface area contributed by atoms with Crippen molar-refractivity contribution >= 4 is 11.9 Å². The minimum Gasteiger partial charge on any atom is -0.507 e. The Kier molecular flexibility index (Phi) is 7.01. The summed E-state index contributed by atoms with van der Waals surface area (Å²) in [6, 6.07) is 12.4. The molecule has 2 aromatic rings. The maximum absolute atomic E-state index is 12.1. The molecule has 0 saturated carbocycles. The first-order valence-corrected chi connectivity index (χ1v) is 8.41. The fourth-order valence-corrected chi connectivity index (χ4v) is 2.29. The molecule has 0 aromatic heterocycles. The number of phenols is 1. The number of carbonyl (C=O) groups is 2. The van der Waals surface area contributed by atoms with Crippen molar-refractivity contribution in [2.75, 3.05) is 0 Å². The van der Waals surface area contributed by atoms with E-state index < -0.39 is 5.97 Å². The maximum Gasteiger partial charge on any atom is 0.347 e. The topological polar surface area (TPSA) is 72.8 Å². The van der Waals surface area contributed by atoms with E-state index in [-0.39, 0.29) is 23.0 Å². The van der Waals surface area contributed by atoms with Crippen LogP contribution in [0.3, 0.4) is 0 Å². The average molecular weight is 342 g/mol. The van der Waals surface area contributed by atoms with Gasteiger partial charge in [-0.05, 0) is 30.7 Å². The molecule has 0 saturated heterocycles. The van der Waals surface area contributed by atoms with Gasteiger partial charge in [0.15, 0.2) is 0 Å². The van der Waals surface area contributed by atoms with Gasteiger partial charge in [0.1, 0.15) is 22.8 Å². The van der Waals surface area contributed by atoms with Crippen LogP contribution in [-0.2, 0) is 4.79 Å². The van der Waals surface area contributed by atoms with Crippen molar-refractivity contribution in [1.29, 1.82) is 0 Å². The Bertz CT molecular complexity index is 724. The Balaban J connectivity index is 1.93. The van der Waals surface area contributed by atoms with E-state index in [9.17, 15) is 14.7 Å². The van der Waals surface area contributed by atoms with Gasteiger partial charge < -0.3 is 14.6 Å². The number of phenolic OH excluding ortho intramolecular Hbond substituents is 1. The molecule has 1 N–H and O–H groups in total. The van der Waals surface area contributed by atoms with Crippen LogP contribution in [0.1, 0.15) is 49.4 Å². The Labute approximate surface area is 147 Å². The van der Waals surface area contributed by atoms with Crippen molar-refractivity contribution in [3.63, 3.8) is 0 Å². The highest BCUT2D eigenvalue weighted by Gasteiger charge is 2.13. The summed E-state index contributed by atoms with van der Waals surface area (Å²) >= 11 is 0. The van der Waals surface area contributed by atoms with Gasteiger partial charge in [-0.15, -0.1) is 0 Å². The smallest absolute Gasteiger partial charge is 0.347 e. The summed E-state index contributed by atoms with van der Waals surface area (Å²) in [6.45, 7) is 2.11. The van der Waals surface area contributed by atoms with Crippen molar-refractivity contribution in [2.24, 2.45) is 0 Å². The van der Waals surface area contributed by atoms with Gasteiger partial charge in [0.05, 0.1) is 0 Å². The third-order valence-electron chi connectivity index (χ3n) is 3.61. The van der Waals surface area contributed by atoms with Gasteiger partial charge in [-0.1, -0.05) is 44.4 Å². The molecule has 0 atom stereocenters. The van der Waals surface area contributed by atoms with Crippen LogP contribution in [0.15, 0.2) is 48.5 Å². The van der Waals surface area contributed by atoms with Crippen molar-refractivity contribution in [2.45, 2.75) is 39.0 Å². The quantitative estimate of drug-likeness (QED) is 0.435. The summed E-state index contributed by atoms with van der Waals surface area (Å²) in [6.07, 6.45) is 4.38. The zero-order valence-electron chi connectivity index (χ0n) is 14.2. The van der Waals surface area contributed by atoms with Gasteiger partial charge in [0.2, 0.25) is 0 Å². The minimum atomic E-state index is -0.679. The number of hydrogen-bond donors (Lipinski definition) is 1. The predicted octanol–water partition coefficient (Wildman–Crippen LogP) is 4.49. The van der Waals surface area contributed by atoms with E-state index in [0.717, 1.165) is 25.7 Å². The second-order valence-electron chi connectivity index (χ2n) is 5.67. The lowest BCUT2D eigenvalue weighted by Crippen LogP contribution is -2.10. The van der Waals surface area contributed by atoms with Crippen molar-refractivity contribution < 1.29 is 24.2 Å². The molecule has 132 valence electrons. The maximum atomic E-state index is 12.1.